The average Bonchev–Trinajstić information content (AvgIpc) is 3.46. The number of hydrogen-bond acceptors (Lipinski definition) is 9. The number of anilines is 2. The third kappa shape index (κ3) is 4.11. The van der Waals surface area contributed by atoms with Gasteiger partial charge in [-0.2, -0.15) is 10.2 Å². The molecule has 2 N–H and O–H groups in total. The topological polar surface area (TPSA) is 144 Å². The van der Waals surface area contributed by atoms with E-state index in [-0.39, 0.29) is 29.8 Å². The van der Waals surface area contributed by atoms with Crippen molar-refractivity contribution in [2.45, 2.75) is 19.8 Å². The Labute approximate surface area is 171 Å². The predicted molar refractivity (Wildman–Crippen MR) is 105 cm³/mol. The van der Waals surface area contributed by atoms with Crippen LogP contribution >= 0.6 is 0 Å². The van der Waals surface area contributed by atoms with E-state index in [4.69, 9.17) is 4.74 Å². The van der Waals surface area contributed by atoms with Gasteiger partial charge in [0.15, 0.2) is 11.6 Å². The molecule has 1 amide bonds. The Morgan fingerprint density at radius 2 is 2.13 bits per heavy atom. The third-order valence-corrected chi connectivity index (χ3v) is 4.79. The number of H-pyrrole nitrogens is 1. The second-order valence-corrected chi connectivity index (χ2v) is 6.74. The molecule has 1 saturated heterocycles. The van der Waals surface area contributed by atoms with E-state index >= 15 is 0 Å². The fourth-order valence-electron chi connectivity index (χ4n) is 3.31. The van der Waals surface area contributed by atoms with Gasteiger partial charge in [-0.05, 0) is 31.9 Å². The fourth-order valence-corrected chi connectivity index (χ4v) is 3.31. The van der Waals surface area contributed by atoms with Crippen LogP contribution in [0.4, 0.5) is 11.6 Å². The van der Waals surface area contributed by atoms with Gasteiger partial charge in [0.25, 0.3) is 0 Å². The molecule has 0 radical (unpaired) electrons. The zero-order valence-electron chi connectivity index (χ0n) is 16.4. The van der Waals surface area contributed by atoms with Crippen molar-refractivity contribution in [1.29, 1.82) is 0 Å². The van der Waals surface area contributed by atoms with Gasteiger partial charge in [0, 0.05) is 13.1 Å². The van der Waals surface area contributed by atoms with E-state index in [1.54, 1.807) is 19.3 Å². The Hall–Kier alpha value is -3.83. The van der Waals surface area contributed by atoms with E-state index in [0.717, 1.165) is 19.4 Å². The highest BCUT2D eigenvalue weighted by Gasteiger charge is 2.28. The van der Waals surface area contributed by atoms with Gasteiger partial charge in [-0.1, -0.05) is 0 Å². The van der Waals surface area contributed by atoms with Gasteiger partial charge in [0.05, 0.1) is 18.7 Å². The molecule has 1 unspecified atom stereocenters. The van der Waals surface area contributed by atoms with Gasteiger partial charge < -0.3 is 15.0 Å². The van der Waals surface area contributed by atoms with Crippen molar-refractivity contribution in [2.24, 2.45) is 5.92 Å². The normalized spacial score (nSPS) is 16.3. The minimum Gasteiger partial charge on any atom is -0.462 e. The first-order valence-electron chi connectivity index (χ1n) is 9.60. The van der Waals surface area contributed by atoms with E-state index in [1.807, 2.05) is 11.0 Å². The summed E-state index contributed by atoms with van der Waals surface area (Å²) in [6, 6.07) is 3.65. The summed E-state index contributed by atoms with van der Waals surface area (Å²) in [6.07, 6.45) is 5.88. The fraction of sp³-hybridized carbons (Fsp3) is 0.389. The minimum atomic E-state index is -0.533. The summed E-state index contributed by atoms with van der Waals surface area (Å²) in [5, 5.41) is 21.7. The van der Waals surface area contributed by atoms with Crippen LogP contribution in [-0.2, 0) is 9.53 Å². The van der Waals surface area contributed by atoms with Gasteiger partial charge in [-0.25, -0.2) is 14.5 Å². The lowest BCUT2D eigenvalue weighted by Crippen LogP contribution is -2.41. The second kappa shape index (κ2) is 8.68. The number of carbonyl (C=O) groups is 2. The Balaban J connectivity index is 1.41. The number of nitrogens with zero attached hydrogens (tertiary/aromatic N) is 7. The zero-order valence-corrected chi connectivity index (χ0v) is 16.4. The van der Waals surface area contributed by atoms with E-state index in [1.165, 1.54) is 17.2 Å². The summed E-state index contributed by atoms with van der Waals surface area (Å²) in [4.78, 5) is 30.7. The molecule has 4 heterocycles. The molecule has 3 aromatic heterocycles. The smallest absolute Gasteiger partial charge is 0.343 e. The second-order valence-electron chi connectivity index (χ2n) is 6.74. The van der Waals surface area contributed by atoms with Crippen molar-refractivity contribution in [2.75, 3.05) is 29.9 Å². The van der Waals surface area contributed by atoms with Gasteiger partial charge in [-0.15, -0.1) is 10.2 Å². The molecule has 1 aliphatic heterocycles. The summed E-state index contributed by atoms with van der Waals surface area (Å²) in [5.74, 6) is 0.496. The number of hydrogen-bond donors (Lipinski definition) is 2. The average molecular weight is 411 g/mol. The van der Waals surface area contributed by atoms with Crippen LogP contribution in [0.5, 0.6) is 0 Å². The van der Waals surface area contributed by atoms with Crippen LogP contribution in [0.25, 0.3) is 5.82 Å². The Morgan fingerprint density at radius 1 is 1.30 bits per heavy atom. The lowest BCUT2D eigenvalue weighted by atomic mass is 9.97. The molecule has 3 aromatic rings. The number of carbonyl (C=O) groups excluding carboxylic acids is 2. The number of rotatable bonds is 6. The Kier molecular flexibility index (Phi) is 5.63. The predicted octanol–water partition coefficient (Wildman–Crippen LogP) is 0.812. The van der Waals surface area contributed by atoms with E-state index < -0.39 is 5.97 Å². The maximum Gasteiger partial charge on any atom is 0.343 e. The third-order valence-electron chi connectivity index (χ3n) is 4.79. The molecule has 30 heavy (non-hydrogen) atoms. The summed E-state index contributed by atoms with van der Waals surface area (Å²) in [7, 11) is 0. The number of amides is 1. The van der Waals surface area contributed by atoms with Crippen molar-refractivity contribution in [3.05, 3.63) is 36.5 Å². The molecule has 0 spiro atoms. The number of aromatic nitrogens is 7. The van der Waals surface area contributed by atoms with E-state index in [2.05, 4.69) is 35.8 Å². The van der Waals surface area contributed by atoms with Crippen molar-refractivity contribution in [1.82, 2.24) is 35.2 Å². The number of nitrogens with one attached hydrogen (secondary N) is 2. The van der Waals surface area contributed by atoms with Crippen molar-refractivity contribution >= 4 is 23.5 Å². The van der Waals surface area contributed by atoms with Crippen molar-refractivity contribution < 1.29 is 14.3 Å². The molecule has 0 saturated carbocycles. The van der Waals surface area contributed by atoms with Crippen LogP contribution in [0.2, 0.25) is 0 Å². The summed E-state index contributed by atoms with van der Waals surface area (Å²) < 4.78 is 6.50. The lowest BCUT2D eigenvalue weighted by Gasteiger charge is -2.32. The maximum atomic E-state index is 12.8. The molecule has 1 fully saturated rings. The monoisotopic (exact) mass is 411 g/mol. The summed E-state index contributed by atoms with van der Waals surface area (Å²) in [5.41, 5.74) is 0.201. The van der Waals surface area contributed by atoms with Crippen LogP contribution in [0.1, 0.15) is 30.1 Å². The Bertz CT molecular complexity index is 1000. The standard InChI is InChI=1S/C18H21N9O3/c1-2-30-18(29)13-8-20-25-16(13)22-17(28)12-4-3-7-26(9-12)14-5-6-15(24-23-14)27-11-19-10-21-27/h5-6,8,10-12H,2-4,7,9H2,1H3,(H2,20,22,25,28). The minimum absolute atomic E-state index is 0.193. The van der Waals surface area contributed by atoms with Gasteiger partial charge >= 0.3 is 5.97 Å². The molecule has 0 aliphatic carbocycles. The molecule has 1 aliphatic rings. The largest absolute Gasteiger partial charge is 0.462 e. The molecule has 12 heteroatoms. The van der Waals surface area contributed by atoms with E-state index in [9.17, 15) is 9.59 Å². The lowest BCUT2D eigenvalue weighted by molar-refractivity contribution is -0.120. The molecular formula is C18H21N9O3. The molecule has 0 bridgehead atoms. The summed E-state index contributed by atoms with van der Waals surface area (Å²) in [6.45, 7) is 3.23. The van der Waals surface area contributed by atoms with Gasteiger partial charge in [-0.3, -0.25) is 9.89 Å². The van der Waals surface area contributed by atoms with Gasteiger partial charge in [0.1, 0.15) is 24.0 Å². The van der Waals surface area contributed by atoms with Crippen LogP contribution in [0.3, 0.4) is 0 Å². The molecule has 156 valence electrons. The van der Waals surface area contributed by atoms with Crippen LogP contribution in [0.15, 0.2) is 31.0 Å². The highest BCUT2D eigenvalue weighted by Crippen LogP contribution is 2.23. The first-order chi connectivity index (χ1) is 14.7. The van der Waals surface area contributed by atoms with Crippen LogP contribution < -0.4 is 10.2 Å². The number of aromatic amines is 1. The first-order valence-corrected chi connectivity index (χ1v) is 9.60. The molecule has 12 nitrogen and oxygen atoms in total. The van der Waals surface area contributed by atoms with Gasteiger partial charge in [0.2, 0.25) is 5.91 Å². The quantitative estimate of drug-likeness (QED) is 0.563. The van der Waals surface area contributed by atoms with Crippen LogP contribution in [-0.4, -0.2) is 66.7 Å². The molecule has 1 atom stereocenters. The number of piperidine rings is 1. The highest BCUT2D eigenvalue weighted by molar-refractivity contribution is 6.00. The first kappa shape index (κ1) is 19.5. The summed E-state index contributed by atoms with van der Waals surface area (Å²) >= 11 is 0. The highest BCUT2D eigenvalue weighted by atomic mass is 16.5. The van der Waals surface area contributed by atoms with Crippen molar-refractivity contribution in [3.8, 4) is 5.82 Å². The SMILES string of the molecule is CCOC(=O)c1cn[nH]c1NC(=O)C1CCCN(c2ccc(-n3cncn3)nn2)C1. The Morgan fingerprint density at radius 3 is 2.87 bits per heavy atom. The van der Waals surface area contributed by atoms with Crippen molar-refractivity contribution in [3.63, 3.8) is 0 Å². The zero-order chi connectivity index (χ0) is 20.9. The molecule has 0 aromatic carbocycles. The maximum absolute atomic E-state index is 12.8. The molecular weight excluding hydrogens is 390 g/mol. The van der Waals surface area contributed by atoms with Crippen LogP contribution in [0, 0.1) is 5.92 Å². The number of esters is 1. The van der Waals surface area contributed by atoms with E-state index in [0.29, 0.717) is 18.2 Å². The number of ether oxygens (including phenoxy) is 1. The molecule has 4 rings (SSSR count).